The highest BCUT2D eigenvalue weighted by molar-refractivity contribution is 6.35. The first-order valence-electron chi connectivity index (χ1n) is 5.46. The predicted molar refractivity (Wildman–Crippen MR) is 68.9 cm³/mol. The maximum Gasteiger partial charge on any atom is 0.311 e. The molecule has 4 nitrogen and oxygen atoms in total. The molecule has 1 heterocycles. The van der Waals surface area contributed by atoms with Crippen LogP contribution in [0, 0.1) is 11.7 Å². The Morgan fingerprint density at radius 1 is 1.42 bits per heavy atom. The van der Waals surface area contributed by atoms with Gasteiger partial charge < -0.3 is 9.64 Å². The topological polar surface area (TPSA) is 46.6 Å². The van der Waals surface area contributed by atoms with Crippen molar-refractivity contribution in [2.75, 3.05) is 18.6 Å². The van der Waals surface area contributed by atoms with Crippen LogP contribution in [0.4, 0.5) is 10.1 Å². The lowest BCUT2D eigenvalue weighted by atomic mass is 10.1. The first kappa shape index (κ1) is 14.1. The van der Waals surface area contributed by atoms with Gasteiger partial charge in [0.25, 0.3) is 0 Å². The van der Waals surface area contributed by atoms with Gasteiger partial charge in [0.15, 0.2) is 5.82 Å². The molecule has 0 bridgehead atoms. The van der Waals surface area contributed by atoms with Crippen LogP contribution in [0.5, 0.6) is 0 Å². The summed E-state index contributed by atoms with van der Waals surface area (Å²) in [5.41, 5.74) is 0.368. The van der Waals surface area contributed by atoms with E-state index in [4.69, 9.17) is 23.2 Å². The molecule has 1 atom stereocenters. The van der Waals surface area contributed by atoms with Gasteiger partial charge in [0.05, 0.1) is 23.1 Å². The third kappa shape index (κ3) is 2.67. The fourth-order valence-electron chi connectivity index (χ4n) is 1.98. The van der Waals surface area contributed by atoms with E-state index < -0.39 is 17.7 Å². The summed E-state index contributed by atoms with van der Waals surface area (Å²) in [6.45, 7) is 0.170. The molecule has 1 aromatic carbocycles. The summed E-state index contributed by atoms with van der Waals surface area (Å²) in [7, 11) is 1.26. The largest absolute Gasteiger partial charge is 0.469 e. The van der Waals surface area contributed by atoms with Gasteiger partial charge in [-0.15, -0.1) is 0 Å². The summed E-state index contributed by atoms with van der Waals surface area (Å²) in [6.07, 6.45) is 0.0548. The third-order valence-electron chi connectivity index (χ3n) is 2.94. The summed E-state index contributed by atoms with van der Waals surface area (Å²) in [5, 5.41) is -0.339. The number of methoxy groups -OCH3 is 1. The van der Waals surface area contributed by atoms with Crippen LogP contribution in [0.15, 0.2) is 12.1 Å². The molecule has 1 amide bonds. The number of hydrogen-bond donors (Lipinski definition) is 0. The molecule has 1 fully saturated rings. The van der Waals surface area contributed by atoms with Crippen molar-refractivity contribution in [3.63, 3.8) is 0 Å². The molecule has 0 aromatic heterocycles. The molecule has 1 saturated heterocycles. The molecule has 0 N–H and O–H groups in total. The van der Waals surface area contributed by atoms with Crippen LogP contribution in [0.2, 0.25) is 10.0 Å². The smallest absolute Gasteiger partial charge is 0.311 e. The third-order valence-corrected chi connectivity index (χ3v) is 3.49. The molecule has 1 unspecified atom stereocenters. The minimum atomic E-state index is -0.733. The molecule has 1 aliphatic rings. The zero-order valence-corrected chi connectivity index (χ0v) is 11.5. The van der Waals surface area contributed by atoms with Crippen molar-refractivity contribution in [2.24, 2.45) is 5.92 Å². The van der Waals surface area contributed by atoms with Crippen molar-refractivity contribution >= 4 is 40.8 Å². The Balaban J connectivity index is 2.28. The fraction of sp³-hybridized carbons (Fsp3) is 0.333. The molecule has 2 rings (SSSR count). The van der Waals surface area contributed by atoms with Crippen LogP contribution in [0.25, 0.3) is 0 Å². The zero-order chi connectivity index (χ0) is 14.2. The minimum absolute atomic E-state index is 0.0548. The summed E-state index contributed by atoms with van der Waals surface area (Å²) in [4.78, 5) is 24.6. The van der Waals surface area contributed by atoms with Gasteiger partial charge in [0.2, 0.25) is 5.91 Å². The van der Waals surface area contributed by atoms with Crippen LogP contribution < -0.4 is 4.90 Å². The fourth-order valence-corrected chi connectivity index (χ4v) is 2.46. The molecule has 0 saturated carbocycles. The van der Waals surface area contributed by atoms with Crippen LogP contribution in [0.1, 0.15) is 6.42 Å². The summed E-state index contributed by atoms with van der Waals surface area (Å²) in [6, 6.07) is 2.61. The number of rotatable bonds is 2. The lowest BCUT2D eigenvalue weighted by Crippen LogP contribution is -2.26. The maximum absolute atomic E-state index is 13.3. The number of amides is 1. The second-order valence-electron chi connectivity index (χ2n) is 4.15. The van der Waals surface area contributed by atoms with E-state index in [1.165, 1.54) is 24.1 Å². The van der Waals surface area contributed by atoms with Crippen molar-refractivity contribution in [3.8, 4) is 0 Å². The van der Waals surface area contributed by atoms with E-state index in [1.807, 2.05) is 0 Å². The van der Waals surface area contributed by atoms with Gasteiger partial charge in [-0.25, -0.2) is 4.39 Å². The van der Waals surface area contributed by atoms with E-state index >= 15 is 0 Å². The van der Waals surface area contributed by atoms with E-state index in [-0.39, 0.29) is 28.9 Å². The Bertz CT molecular complexity index is 527. The molecule has 1 aliphatic heterocycles. The zero-order valence-electron chi connectivity index (χ0n) is 9.95. The lowest BCUT2D eigenvalue weighted by molar-refractivity contribution is -0.145. The minimum Gasteiger partial charge on any atom is -0.469 e. The van der Waals surface area contributed by atoms with E-state index in [0.29, 0.717) is 5.69 Å². The van der Waals surface area contributed by atoms with Crippen LogP contribution in [0.3, 0.4) is 0 Å². The van der Waals surface area contributed by atoms with Crippen LogP contribution >= 0.6 is 23.2 Å². The first-order valence-corrected chi connectivity index (χ1v) is 6.22. The summed E-state index contributed by atoms with van der Waals surface area (Å²) >= 11 is 11.4. The van der Waals surface area contributed by atoms with Crippen molar-refractivity contribution < 1.29 is 18.7 Å². The number of ether oxygens (including phenoxy) is 1. The maximum atomic E-state index is 13.3. The van der Waals surface area contributed by atoms with Crippen LogP contribution in [-0.2, 0) is 14.3 Å². The number of halogens is 3. The number of carbonyl (C=O) groups is 2. The molecule has 0 aliphatic carbocycles. The highest BCUT2D eigenvalue weighted by atomic mass is 35.5. The first-order chi connectivity index (χ1) is 8.93. The Labute approximate surface area is 119 Å². The SMILES string of the molecule is COC(=O)C1CC(=O)N(c2cc(Cl)c(F)c(Cl)c2)C1. The molecular formula is C12H10Cl2FNO3. The standard InChI is InChI=1S/C12H10Cl2FNO3/c1-19-12(18)6-2-10(17)16(5-6)7-3-8(13)11(15)9(14)4-7/h3-4,6H,2,5H2,1H3. The van der Waals surface area contributed by atoms with Crippen molar-refractivity contribution in [2.45, 2.75) is 6.42 Å². The second-order valence-corrected chi connectivity index (χ2v) is 4.97. The van der Waals surface area contributed by atoms with E-state index in [9.17, 15) is 14.0 Å². The summed E-state index contributed by atoms with van der Waals surface area (Å²) in [5.74, 6) is -1.97. The van der Waals surface area contributed by atoms with Gasteiger partial charge in [-0.3, -0.25) is 9.59 Å². The van der Waals surface area contributed by atoms with Crippen molar-refractivity contribution in [3.05, 3.63) is 28.0 Å². The van der Waals surface area contributed by atoms with E-state index in [1.54, 1.807) is 0 Å². The monoisotopic (exact) mass is 305 g/mol. The van der Waals surface area contributed by atoms with Crippen LogP contribution in [-0.4, -0.2) is 25.5 Å². The lowest BCUT2D eigenvalue weighted by Gasteiger charge is -2.17. The molecular weight excluding hydrogens is 296 g/mol. The summed E-state index contributed by atoms with van der Waals surface area (Å²) < 4.78 is 17.9. The average Bonchev–Trinajstić information content (AvgIpc) is 2.76. The number of hydrogen-bond acceptors (Lipinski definition) is 3. The normalized spacial score (nSPS) is 18.8. The Morgan fingerprint density at radius 2 is 2.00 bits per heavy atom. The number of anilines is 1. The van der Waals surface area contributed by atoms with Gasteiger partial charge in [-0.05, 0) is 12.1 Å². The van der Waals surface area contributed by atoms with Crippen molar-refractivity contribution in [1.29, 1.82) is 0 Å². The highest BCUT2D eigenvalue weighted by Gasteiger charge is 2.36. The molecule has 0 radical (unpaired) electrons. The van der Waals surface area contributed by atoms with Gasteiger partial charge >= 0.3 is 5.97 Å². The quantitative estimate of drug-likeness (QED) is 0.623. The molecule has 7 heteroatoms. The Kier molecular flexibility index (Phi) is 3.96. The molecule has 0 spiro atoms. The average molecular weight is 306 g/mol. The van der Waals surface area contributed by atoms with Gasteiger partial charge in [0, 0.05) is 18.7 Å². The molecule has 1 aromatic rings. The van der Waals surface area contributed by atoms with Gasteiger partial charge in [-0.1, -0.05) is 23.2 Å². The van der Waals surface area contributed by atoms with E-state index in [2.05, 4.69) is 4.74 Å². The second kappa shape index (κ2) is 5.35. The number of nitrogens with zero attached hydrogens (tertiary/aromatic N) is 1. The molecule has 19 heavy (non-hydrogen) atoms. The Hall–Kier alpha value is -1.33. The van der Waals surface area contributed by atoms with E-state index in [0.717, 1.165) is 0 Å². The highest BCUT2D eigenvalue weighted by Crippen LogP contribution is 2.32. The number of benzene rings is 1. The van der Waals surface area contributed by atoms with Gasteiger partial charge in [0.1, 0.15) is 0 Å². The molecule has 102 valence electrons. The number of esters is 1. The van der Waals surface area contributed by atoms with Gasteiger partial charge in [-0.2, -0.15) is 0 Å². The number of carbonyl (C=O) groups excluding carboxylic acids is 2. The van der Waals surface area contributed by atoms with Crippen molar-refractivity contribution in [1.82, 2.24) is 0 Å². The Morgan fingerprint density at radius 3 is 2.53 bits per heavy atom. The predicted octanol–water partition coefficient (Wildman–Crippen LogP) is 2.66.